The van der Waals surface area contributed by atoms with Gasteiger partial charge in [0, 0.05) is 5.56 Å². The molecular weight excluding hydrogens is 206 g/mol. The first-order valence-electron chi connectivity index (χ1n) is 4.69. The minimum absolute atomic E-state index is 0.398. The molecule has 1 unspecified atom stereocenters. The molecule has 0 radical (unpaired) electrons. The van der Waals surface area contributed by atoms with E-state index in [1.54, 1.807) is 12.1 Å². The van der Waals surface area contributed by atoms with Gasteiger partial charge in [-0.05, 0) is 6.92 Å². The van der Waals surface area contributed by atoms with Gasteiger partial charge in [-0.2, -0.15) is 10.4 Å². The molecule has 0 fully saturated rings. The number of ether oxygens (including phenoxy) is 1. The Balaban J connectivity index is 2.48. The second-order valence-corrected chi connectivity index (χ2v) is 3.47. The van der Waals surface area contributed by atoms with Crippen molar-refractivity contribution in [3.05, 3.63) is 35.9 Å². The number of hydrazone groups is 1. The van der Waals surface area contributed by atoms with Gasteiger partial charge in [-0.25, -0.2) is 10.2 Å². The topological polar surface area (TPSA) is 74.5 Å². The predicted molar refractivity (Wildman–Crippen MR) is 56.6 cm³/mol. The first kappa shape index (κ1) is 10.2. The highest BCUT2D eigenvalue weighted by atomic mass is 16.6. The van der Waals surface area contributed by atoms with Gasteiger partial charge in [-0.1, -0.05) is 30.3 Å². The molecule has 0 saturated heterocycles. The van der Waals surface area contributed by atoms with Crippen LogP contribution in [0, 0.1) is 11.3 Å². The Kier molecular flexibility index (Phi) is 2.33. The molecule has 2 rings (SSSR count). The van der Waals surface area contributed by atoms with Crippen LogP contribution in [-0.2, 0) is 4.74 Å². The van der Waals surface area contributed by atoms with Crippen molar-refractivity contribution in [2.45, 2.75) is 12.5 Å². The third-order valence-corrected chi connectivity index (χ3v) is 2.27. The van der Waals surface area contributed by atoms with Crippen molar-refractivity contribution in [3.63, 3.8) is 0 Å². The summed E-state index contributed by atoms with van der Waals surface area (Å²) in [4.78, 5) is 11.0. The van der Waals surface area contributed by atoms with Gasteiger partial charge in [0.1, 0.15) is 11.8 Å². The lowest BCUT2D eigenvalue weighted by Crippen LogP contribution is -2.47. The molecule has 1 N–H and O–H groups in total. The van der Waals surface area contributed by atoms with E-state index in [1.807, 2.05) is 24.3 Å². The molecule has 1 aliphatic rings. The first-order chi connectivity index (χ1) is 7.65. The zero-order chi connectivity index (χ0) is 11.6. The second kappa shape index (κ2) is 3.66. The number of nitriles is 1. The maximum Gasteiger partial charge on any atom is 0.429 e. The van der Waals surface area contributed by atoms with Gasteiger partial charge >= 0.3 is 6.09 Å². The van der Waals surface area contributed by atoms with Crippen LogP contribution in [0.15, 0.2) is 35.4 Å². The minimum Gasteiger partial charge on any atom is -0.420 e. The Hall–Kier alpha value is -2.35. The summed E-state index contributed by atoms with van der Waals surface area (Å²) in [5, 5.41) is 12.9. The van der Waals surface area contributed by atoms with Gasteiger partial charge in [0.05, 0.1) is 0 Å². The second-order valence-electron chi connectivity index (χ2n) is 3.47. The Bertz CT molecular complexity index is 490. The van der Waals surface area contributed by atoms with Crippen LogP contribution in [0.4, 0.5) is 4.79 Å². The molecule has 0 aromatic heterocycles. The molecule has 5 nitrogen and oxygen atoms in total. The van der Waals surface area contributed by atoms with Crippen molar-refractivity contribution < 1.29 is 9.53 Å². The summed E-state index contributed by atoms with van der Waals surface area (Å²) in [6.07, 6.45) is -0.719. The number of amides is 1. The van der Waals surface area contributed by atoms with Gasteiger partial charge in [-0.3, -0.25) is 0 Å². The highest BCUT2D eigenvalue weighted by molar-refractivity contribution is 6.10. The summed E-state index contributed by atoms with van der Waals surface area (Å²) in [7, 11) is 0. The van der Waals surface area contributed by atoms with Crippen molar-refractivity contribution in [1.29, 1.82) is 5.26 Å². The molecule has 1 heterocycles. The Morgan fingerprint density at radius 3 is 2.75 bits per heavy atom. The van der Waals surface area contributed by atoms with Gasteiger partial charge in [0.25, 0.3) is 0 Å². The third kappa shape index (κ3) is 1.61. The Morgan fingerprint density at radius 1 is 1.44 bits per heavy atom. The van der Waals surface area contributed by atoms with Crippen molar-refractivity contribution in [2.24, 2.45) is 5.10 Å². The van der Waals surface area contributed by atoms with Crippen LogP contribution in [0.2, 0.25) is 0 Å². The molecule has 0 bridgehead atoms. The summed E-state index contributed by atoms with van der Waals surface area (Å²) >= 11 is 0. The molecule has 1 aromatic rings. The molecule has 80 valence electrons. The van der Waals surface area contributed by atoms with Crippen molar-refractivity contribution in [3.8, 4) is 6.07 Å². The first-order valence-corrected chi connectivity index (χ1v) is 4.69. The Morgan fingerprint density at radius 2 is 2.12 bits per heavy atom. The van der Waals surface area contributed by atoms with E-state index in [9.17, 15) is 4.79 Å². The van der Waals surface area contributed by atoms with E-state index in [0.717, 1.165) is 5.56 Å². The number of rotatable bonds is 1. The number of nitrogens with zero attached hydrogens (tertiary/aromatic N) is 2. The standard InChI is InChI=1S/C11H9N3O2/c1-11(7-12)9(13-14-10(15)16-11)8-5-3-2-4-6-8/h2-6H,1H3,(H,14,15). The average Bonchev–Trinajstić information content (AvgIpc) is 2.30. The van der Waals surface area contributed by atoms with Crippen molar-refractivity contribution in [1.82, 2.24) is 5.43 Å². The molecule has 0 spiro atoms. The fourth-order valence-electron chi connectivity index (χ4n) is 1.48. The van der Waals surface area contributed by atoms with Gasteiger partial charge < -0.3 is 4.74 Å². The summed E-state index contributed by atoms with van der Waals surface area (Å²) < 4.78 is 4.95. The highest BCUT2D eigenvalue weighted by Crippen LogP contribution is 2.20. The number of cyclic esters (lactones) is 1. The van der Waals surface area contributed by atoms with Gasteiger partial charge in [-0.15, -0.1) is 0 Å². The normalized spacial score (nSPS) is 23.8. The SMILES string of the molecule is CC1(C#N)OC(=O)NN=C1c1ccccc1. The summed E-state index contributed by atoms with van der Waals surface area (Å²) in [6.45, 7) is 1.51. The van der Waals surface area contributed by atoms with E-state index < -0.39 is 11.7 Å². The zero-order valence-corrected chi connectivity index (χ0v) is 8.60. The fraction of sp³-hybridized carbons (Fsp3) is 0.182. The average molecular weight is 215 g/mol. The summed E-state index contributed by atoms with van der Waals surface area (Å²) in [6, 6.07) is 11.1. The van der Waals surface area contributed by atoms with E-state index >= 15 is 0 Å². The lowest BCUT2D eigenvalue weighted by molar-refractivity contribution is 0.0965. The number of hydrogen-bond acceptors (Lipinski definition) is 4. The fourth-order valence-corrected chi connectivity index (χ4v) is 1.48. The monoisotopic (exact) mass is 215 g/mol. The lowest BCUT2D eigenvalue weighted by atomic mass is 9.94. The number of carbonyl (C=O) groups excluding carboxylic acids is 1. The minimum atomic E-state index is -1.34. The summed E-state index contributed by atoms with van der Waals surface area (Å²) in [5.41, 5.74) is 1.99. The van der Waals surface area contributed by atoms with Crippen LogP contribution in [-0.4, -0.2) is 17.4 Å². The maximum absolute atomic E-state index is 11.0. The van der Waals surface area contributed by atoms with Crippen molar-refractivity contribution >= 4 is 11.8 Å². The van der Waals surface area contributed by atoms with E-state index in [4.69, 9.17) is 10.00 Å². The van der Waals surface area contributed by atoms with Crippen LogP contribution in [0.5, 0.6) is 0 Å². The van der Waals surface area contributed by atoms with Crippen LogP contribution in [0.25, 0.3) is 0 Å². The number of hydrogen-bond donors (Lipinski definition) is 1. The van der Waals surface area contributed by atoms with Gasteiger partial charge in [0.15, 0.2) is 0 Å². The summed E-state index contributed by atoms with van der Waals surface area (Å²) in [5.74, 6) is 0. The number of nitrogens with one attached hydrogen (secondary N) is 1. The molecular formula is C11H9N3O2. The third-order valence-electron chi connectivity index (χ3n) is 2.27. The van der Waals surface area contributed by atoms with Crippen molar-refractivity contribution in [2.75, 3.05) is 0 Å². The largest absolute Gasteiger partial charge is 0.429 e. The van der Waals surface area contributed by atoms with E-state index in [1.165, 1.54) is 6.92 Å². The highest BCUT2D eigenvalue weighted by Gasteiger charge is 2.39. The van der Waals surface area contributed by atoms with E-state index in [0.29, 0.717) is 5.71 Å². The Labute approximate surface area is 92.3 Å². The zero-order valence-electron chi connectivity index (χ0n) is 8.60. The maximum atomic E-state index is 11.0. The molecule has 1 aromatic carbocycles. The van der Waals surface area contributed by atoms with Crippen LogP contribution in [0.1, 0.15) is 12.5 Å². The molecule has 1 amide bonds. The predicted octanol–water partition coefficient (Wildman–Crippen LogP) is 1.41. The molecule has 0 saturated carbocycles. The van der Waals surface area contributed by atoms with E-state index in [2.05, 4.69) is 10.5 Å². The molecule has 1 aliphatic heterocycles. The molecule has 1 atom stereocenters. The van der Waals surface area contributed by atoms with Crippen LogP contribution < -0.4 is 5.43 Å². The van der Waals surface area contributed by atoms with Gasteiger partial charge in [0.2, 0.25) is 5.60 Å². The van der Waals surface area contributed by atoms with E-state index in [-0.39, 0.29) is 0 Å². The smallest absolute Gasteiger partial charge is 0.420 e. The van der Waals surface area contributed by atoms with Crippen LogP contribution in [0.3, 0.4) is 0 Å². The molecule has 16 heavy (non-hydrogen) atoms. The number of benzene rings is 1. The molecule has 0 aliphatic carbocycles. The van der Waals surface area contributed by atoms with Crippen LogP contribution >= 0.6 is 0 Å². The molecule has 5 heteroatoms. The number of carbonyl (C=O) groups is 1. The quantitative estimate of drug-likeness (QED) is 0.769. The lowest BCUT2D eigenvalue weighted by Gasteiger charge is -2.27.